The SMILES string of the molecule is C[C@@H](Oc1cccc(F)c1)C(=O)N1CCO[C@H](c2nncn2C)C1. The Bertz CT molecular complexity index is 721. The van der Waals surface area contributed by atoms with Gasteiger partial charge in [0.2, 0.25) is 0 Å². The number of hydrogen-bond acceptors (Lipinski definition) is 5. The molecular weight excluding hydrogens is 315 g/mol. The Kier molecular flexibility index (Phi) is 4.75. The maximum Gasteiger partial charge on any atom is 0.263 e. The summed E-state index contributed by atoms with van der Waals surface area (Å²) in [4.78, 5) is 14.3. The van der Waals surface area contributed by atoms with Crippen LogP contribution in [0.5, 0.6) is 5.75 Å². The first-order valence-corrected chi connectivity index (χ1v) is 7.71. The predicted octanol–water partition coefficient (Wildman–Crippen LogP) is 1.32. The molecule has 0 aliphatic carbocycles. The number of carbonyl (C=O) groups excluding carboxylic acids is 1. The minimum atomic E-state index is -0.718. The number of hydrogen-bond donors (Lipinski definition) is 0. The average Bonchev–Trinajstić information content (AvgIpc) is 3.00. The first-order valence-electron chi connectivity index (χ1n) is 7.71. The molecule has 3 rings (SSSR count). The van der Waals surface area contributed by atoms with Crippen molar-refractivity contribution < 1.29 is 18.7 Å². The van der Waals surface area contributed by atoms with Crippen molar-refractivity contribution in [1.29, 1.82) is 0 Å². The van der Waals surface area contributed by atoms with Crippen LogP contribution < -0.4 is 4.74 Å². The minimum Gasteiger partial charge on any atom is -0.481 e. The van der Waals surface area contributed by atoms with Crippen molar-refractivity contribution in [2.24, 2.45) is 7.05 Å². The number of nitrogens with zero attached hydrogens (tertiary/aromatic N) is 4. The van der Waals surface area contributed by atoms with Gasteiger partial charge in [0.15, 0.2) is 11.9 Å². The molecule has 1 aliphatic heterocycles. The van der Waals surface area contributed by atoms with E-state index in [1.165, 1.54) is 12.1 Å². The number of benzene rings is 1. The van der Waals surface area contributed by atoms with Crippen molar-refractivity contribution in [2.75, 3.05) is 19.7 Å². The van der Waals surface area contributed by atoms with Crippen molar-refractivity contribution in [2.45, 2.75) is 19.1 Å². The standard InChI is InChI=1S/C16H19FN4O3/c1-11(24-13-5-3-4-12(17)8-13)16(22)21-6-7-23-14(9-21)15-19-18-10-20(15)2/h3-5,8,10-11,14H,6-7,9H2,1-2H3/t11-,14+/m1/s1. The van der Waals surface area contributed by atoms with Crippen molar-refractivity contribution in [3.63, 3.8) is 0 Å². The summed E-state index contributed by atoms with van der Waals surface area (Å²) in [5.74, 6) is 0.427. The van der Waals surface area contributed by atoms with Gasteiger partial charge in [0.05, 0.1) is 13.2 Å². The van der Waals surface area contributed by atoms with Crippen LogP contribution in [0.25, 0.3) is 0 Å². The minimum absolute atomic E-state index is 0.172. The van der Waals surface area contributed by atoms with Crippen LogP contribution in [0, 0.1) is 5.82 Å². The second kappa shape index (κ2) is 6.96. The van der Waals surface area contributed by atoms with Gasteiger partial charge in [-0.25, -0.2) is 4.39 Å². The molecule has 1 amide bonds. The Morgan fingerprint density at radius 3 is 3.04 bits per heavy atom. The summed E-state index contributed by atoms with van der Waals surface area (Å²) < 4.78 is 26.2. The van der Waals surface area contributed by atoms with Crippen molar-refractivity contribution in [1.82, 2.24) is 19.7 Å². The van der Waals surface area contributed by atoms with Gasteiger partial charge in [-0.2, -0.15) is 0 Å². The molecule has 0 unspecified atom stereocenters. The van der Waals surface area contributed by atoms with Gasteiger partial charge >= 0.3 is 0 Å². The topological polar surface area (TPSA) is 69.5 Å². The molecule has 8 heteroatoms. The van der Waals surface area contributed by atoms with Crippen molar-refractivity contribution in [3.05, 3.63) is 42.2 Å². The van der Waals surface area contributed by atoms with Crippen LogP contribution in [0.15, 0.2) is 30.6 Å². The summed E-state index contributed by atoms with van der Waals surface area (Å²) in [5, 5.41) is 7.87. The number of rotatable bonds is 4. The van der Waals surface area contributed by atoms with Crippen LogP contribution in [0.4, 0.5) is 4.39 Å². The number of aromatic nitrogens is 3. The lowest BCUT2D eigenvalue weighted by atomic mass is 10.2. The second-order valence-corrected chi connectivity index (χ2v) is 5.66. The molecule has 2 atom stereocenters. The molecular formula is C16H19FN4O3. The first-order chi connectivity index (χ1) is 11.5. The second-order valence-electron chi connectivity index (χ2n) is 5.66. The van der Waals surface area contributed by atoms with E-state index in [0.717, 1.165) is 0 Å². The molecule has 0 N–H and O–H groups in total. The van der Waals surface area contributed by atoms with Crippen LogP contribution in [-0.2, 0) is 16.6 Å². The summed E-state index contributed by atoms with van der Waals surface area (Å²) in [7, 11) is 1.83. The molecule has 0 bridgehead atoms. The third-order valence-corrected chi connectivity index (χ3v) is 3.87. The van der Waals surface area contributed by atoms with Gasteiger partial charge in [-0.3, -0.25) is 4.79 Å². The van der Waals surface area contributed by atoms with Crippen LogP contribution in [-0.4, -0.2) is 51.4 Å². The fraction of sp³-hybridized carbons (Fsp3) is 0.438. The maximum atomic E-state index is 13.2. The van der Waals surface area contributed by atoms with Gasteiger partial charge < -0.3 is 18.9 Å². The average molecular weight is 334 g/mol. The van der Waals surface area contributed by atoms with Crippen molar-refractivity contribution >= 4 is 5.91 Å². The molecule has 1 aromatic carbocycles. The fourth-order valence-electron chi connectivity index (χ4n) is 2.64. The highest BCUT2D eigenvalue weighted by molar-refractivity contribution is 5.81. The number of amides is 1. The molecule has 7 nitrogen and oxygen atoms in total. The number of morpholine rings is 1. The molecule has 1 aliphatic rings. The summed E-state index contributed by atoms with van der Waals surface area (Å²) in [6.45, 7) is 2.92. The number of halogens is 1. The molecule has 0 radical (unpaired) electrons. The lowest BCUT2D eigenvalue weighted by Gasteiger charge is -2.33. The van der Waals surface area contributed by atoms with Gasteiger partial charge in [-0.1, -0.05) is 6.07 Å². The molecule has 2 aromatic rings. The highest BCUT2D eigenvalue weighted by atomic mass is 19.1. The van der Waals surface area contributed by atoms with Crippen molar-refractivity contribution in [3.8, 4) is 5.75 Å². The molecule has 24 heavy (non-hydrogen) atoms. The van der Waals surface area contributed by atoms with Gasteiger partial charge in [-0.15, -0.1) is 10.2 Å². The van der Waals surface area contributed by atoms with E-state index in [2.05, 4.69) is 10.2 Å². The molecule has 0 saturated carbocycles. The Morgan fingerprint density at radius 1 is 1.50 bits per heavy atom. The zero-order chi connectivity index (χ0) is 17.1. The van der Waals surface area contributed by atoms with Crippen LogP contribution in [0.2, 0.25) is 0 Å². The maximum absolute atomic E-state index is 13.2. The van der Waals surface area contributed by atoms with Gasteiger partial charge in [-0.05, 0) is 19.1 Å². The molecule has 1 saturated heterocycles. The number of aryl methyl sites for hydroxylation is 1. The third-order valence-electron chi connectivity index (χ3n) is 3.87. The normalized spacial score (nSPS) is 19.1. The largest absolute Gasteiger partial charge is 0.481 e. The Hall–Kier alpha value is -2.48. The predicted molar refractivity (Wildman–Crippen MR) is 82.8 cm³/mol. The Morgan fingerprint density at radius 2 is 2.33 bits per heavy atom. The number of carbonyl (C=O) groups is 1. The Balaban J connectivity index is 1.64. The lowest BCUT2D eigenvalue weighted by molar-refractivity contribution is -0.146. The molecule has 2 heterocycles. The van der Waals surface area contributed by atoms with E-state index < -0.39 is 11.9 Å². The molecule has 128 valence electrons. The smallest absolute Gasteiger partial charge is 0.263 e. The van der Waals surface area contributed by atoms with Crippen LogP contribution >= 0.6 is 0 Å². The summed E-state index contributed by atoms with van der Waals surface area (Å²) in [6.07, 6.45) is 0.552. The Labute approximate surface area is 139 Å². The first kappa shape index (κ1) is 16.4. The van der Waals surface area contributed by atoms with E-state index in [-0.39, 0.29) is 12.0 Å². The summed E-state index contributed by atoms with van der Waals surface area (Å²) in [6, 6.07) is 5.74. The van der Waals surface area contributed by atoms with E-state index in [9.17, 15) is 9.18 Å². The summed E-state index contributed by atoms with van der Waals surface area (Å²) >= 11 is 0. The quantitative estimate of drug-likeness (QED) is 0.843. The molecule has 0 spiro atoms. The van der Waals surface area contributed by atoms with E-state index in [4.69, 9.17) is 9.47 Å². The fourth-order valence-corrected chi connectivity index (χ4v) is 2.64. The molecule has 1 aromatic heterocycles. The van der Waals surface area contributed by atoms with E-state index in [1.54, 1.807) is 34.9 Å². The number of ether oxygens (including phenoxy) is 2. The van der Waals surface area contributed by atoms with Gasteiger partial charge in [0.25, 0.3) is 5.91 Å². The van der Waals surface area contributed by atoms with Gasteiger partial charge in [0, 0.05) is 19.7 Å². The summed E-state index contributed by atoms with van der Waals surface area (Å²) in [5.41, 5.74) is 0. The van der Waals surface area contributed by atoms with E-state index in [1.807, 2.05) is 7.05 Å². The highest BCUT2D eigenvalue weighted by Gasteiger charge is 2.31. The highest BCUT2D eigenvalue weighted by Crippen LogP contribution is 2.21. The van der Waals surface area contributed by atoms with Crippen LogP contribution in [0.3, 0.4) is 0 Å². The third kappa shape index (κ3) is 3.53. The zero-order valence-electron chi connectivity index (χ0n) is 13.6. The monoisotopic (exact) mass is 334 g/mol. The zero-order valence-corrected chi connectivity index (χ0v) is 13.6. The van der Waals surface area contributed by atoms with Crippen LogP contribution in [0.1, 0.15) is 18.9 Å². The molecule has 1 fully saturated rings. The van der Waals surface area contributed by atoms with Gasteiger partial charge in [0.1, 0.15) is 24.0 Å². The van der Waals surface area contributed by atoms with E-state index in [0.29, 0.717) is 31.3 Å². The lowest BCUT2D eigenvalue weighted by Crippen LogP contribution is -2.47. The van der Waals surface area contributed by atoms with E-state index >= 15 is 0 Å².